The van der Waals surface area contributed by atoms with Crippen molar-refractivity contribution < 1.29 is 24.2 Å². The summed E-state index contributed by atoms with van der Waals surface area (Å²) >= 11 is 7.54. The Hall–Kier alpha value is -2.39. The van der Waals surface area contributed by atoms with Gasteiger partial charge in [-0.2, -0.15) is 0 Å². The predicted octanol–water partition coefficient (Wildman–Crippen LogP) is 5.17. The van der Waals surface area contributed by atoms with Crippen LogP contribution in [0.2, 0.25) is 4.34 Å². The van der Waals surface area contributed by atoms with E-state index in [4.69, 9.17) is 21.1 Å². The fraction of sp³-hybridized carbons (Fsp3) is 0.545. The first-order valence-corrected chi connectivity index (χ1v) is 11.9. The first kappa shape index (κ1) is 24.3. The summed E-state index contributed by atoms with van der Waals surface area (Å²) in [7, 11) is 1.70. The largest absolute Gasteiger partial charge is 0.487 e. The number of rotatable bonds is 8. The van der Waals surface area contributed by atoms with E-state index in [9.17, 15) is 14.7 Å². The Bertz CT molecular complexity index is 967. The zero-order valence-corrected chi connectivity index (χ0v) is 20.0. The average Bonchev–Trinajstić information content (AvgIpc) is 3.14. The number of carbonyl (C=O) groups excluding carboxylic acids is 1. The maximum Gasteiger partial charge on any atom is 0.409 e. The Morgan fingerprint density at radius 2 is 2.16 bits per heavy atom. The summed E-state index contributed by atoms with van der Waals surface area (Å²) in [5, 5.41) is 9.28. The smallest absolute Gasteiger partial charge is 0.409 e. The number of ether oxygens (including phenoxy) is 2. The zero-order chi connectivity index (χ0) is 23.3. The van der Waals surface area contributed by atoms with Crippen molar-refractivity contribution >= 4 is 35.0 Å². The summed E-state index contributed by atoms with van der Waals surface area (Å²) in [6.07, 6.45) is 4.71. The fourth-order valence-corrected chi connectivity index (χ4v) is 4.90. The van der Waals surface area contributed by atoms with Crippen molar-refractivity contribution in [2.45, 2.75) is 58.7 Å². The van der Waals surface area contributed by atoms with Crippen molar-refractivity contribution in [3.63, 3.8) is 0 Å². The van der Waals surface area contributed by atoms with Gasteiger partial charge in [0.2, 0.25) is 0 Å². The molecule has 0 aliphatic heterocycles. The maximum absolute atomic E-state index is 12.1. The Morgan fingerprint density at radius 3 is 2.84 bits per heavy atom. The van der Waals surface area contributed by atoms with Crippen molar-refractivity contribution in [3.8, 4) is 16.5 Å². The Morgan fingerprint density at radius 1 is 1.38 bits per heavy atom. The molecule has 2 heterocycles. The van der Waals surface area contributed by atoms with Gasteiger partial charge in [-0.05, 0) is 45.1 Å². The molecule has 2 aromatic rings. The molecule has 1 N–H and O–H groups in total. The molecule has 174 valence electrons. The number of aromatic nitrogens is 2. The van der Waals surface area contributed by atoms with Gasteiger partial charge in [0, 0.05) is 19.2 Å². The van der Waals surface area contributed by atoms with Gasteiger partial charge in [-0.25, -0.2) is 14.8 Å². The second-order valence-corrected chi connectivity index (χ2v) is 9.65. The molecule has 1 aliphatic rings. The molecule has 10 heteroatoms. The van der Waals surface area contributed by atoms with Crippen molar-refractivity contribution in [1.29, 1.82) is 0 Å². The fourth-order valence-electron chi connectivity index (χ4n) is 3.70. The molecule has 0 unspecified atom stereocenters. The second kappa shape index (κ2) is 11.0. The highest BCUT2D eigenvalue weighted by molar-refractivity contribution is 7.19. The van der Waals surface area contributed by atoms with Gasteiger partial charge in [-0.15, -0.1) is 11.3 Å². The molecule has 0 aromatic carbocycles. The van der Waals surface area contributed by atoms with Crippen molar-refractivity contribution in [3.05, 3.63) is 27.9 Å². The van der Waals surface area contributed by atoms with Crippen LogP contribution in [0, 0.1) is 12.8 Å². The number of carboxylic acid groups (broad SMARTS) is 1. The molecule has 8 nitrogen and oxygen atoms in total. The molecule has 32 heavy (non-hydrogen) atoms. The second-order valence-electron chi connectivity index (χ2n) is 7.97. The molecule has 1 aliphatic carbocycles. The lowest BCUT2D eigenvalue weighted by atomic mass is 9.87. The lowest BCUT2D eigenvalue weighted by Gasteiger charge is -2.27. The standard InChI is InChI=1S/C22H28ClN3O5S/c1-4-8-26(3)22(29)30-12-15-10-18(23)32-19(15)20-24-11-17(13(2)25-20)31-16-7-5-6-14(9-16)21(27)28/h10-11,14,16H,4-9,12H2,1-3H3,(H,27,28)/t14-,16-/m0/s1. The number of halogens is 1. The number of carbonyl (C=O) groups is 2. The first-order valence-electron chi connectivity index (χ1n) is 10.7. The first-order chi connectivity index (χ1) is 15.3. The van der Waals surface area contributed by atoms with Crippen LogP contribution in [0.4, 0.5) is 4.79 Å². The summed E-state index contributed by atoms with van der Waals surface area (Å²) in [5.74, 6) is -0.122. The summed E-state index contributed by atoms with van der Waals surface area (Å²) in [6, 6.07) is 1.76. The highest BCUT2D eigenvalue weighted by Crippen LogP contribution is 2.35. The highest BCUT2D eigenvalue weighted by Gasteiger charge is 2.28. The third-order valence-corrected chi connectivity index (χ3v) is 6.71. The Kier molecular flexibility index (Phi) is 8.31. The monoisotopic (exact) mass is 481 g/mol. The van der Waals surface area contributed by atoms with Crippen LogP contribution in [-0.2, 0) is 16.1 Å². The van der Waals surface area contributed by atoms with Crippen LogP contribution in [-0.4, -0.2) is 51.7 Å². The van der Waals surface area contributed by atoms with E-state index < -0.39 is 12.1 Å². The van der Waals surface area contributed by atoms with E-state index in [0.29, 0.717) is 41.0 Å². The van der Waals surface area contributed by atoms with Crippen LogP contribution in [0.1, 0.15) is 50.3 Å². The van der Waals surface area contributed by atoms with Crippen molar-refractivity contribution in [2.24, 2.45) is 5.92 Å². The van der Waals surface area contributed by atoms with Crippen LogP contribution in [0.15, 0.2) is 12.3 Å². The summed E-state index contributed by atoms with van der Waals surface area (Å²) in [6.45, 7) is 4.51. The summed E-state index contributed by atoms with van der Waals surface area (Å²) in [5.41, 5.74) is 1.39. The van der Waals surface area contributed by atoms with Crippen LogP contribution in [0.25, 0.3) is 10.7 Å². The van der Waals surface area contributed by atoms with E-state index >= 15 is 0 Å². The number of hydrogen-bond donors (Lipinski definition) is 1. The minimum atomic E-state index is -0.773. The zero-order valence-electron chi connectivity index (χ0n) is 18.5. The van der Waals surface area contributed by atoms with E-state index in [-0.39, 0.29) is 18.6 Å². The molecule has 3 rings (SSSR count). The molecule has 0 saturated heterocycles. The number of nitrogens with zero attached hydrogens (tertiary/aromatic N) is 3. The van der Waals surface area contributed by atoms with E-state index in [1.165, 1.54) is 16.2 Å². The lowest BCUT2D eigenvalue weighted by molar-refractivity contribution is -0.143. The van der Waals surface area contributed by atoms with Gasteiger partial charge < -0.3 is 19.5 Å². The minimum Gasteiger partial charge on any atom is -0.487 e. The van der Waals surface area contributed by atoms with Gasteiger partial charge in [0.05, 0.1) is 33.1 Å². The normalized spacial score (nSPS) is 18.2. The summed E-state index contributed by atoms with van der Waals surface area (Å²) in [4.78, 5) is 34.7. The molecule has 2 aromatic heterocycles. The van der Waals surface area contributed by atoms with Gasteiger partial charge in [0.15, 0.2) is 11.6 Å². The van der Waals surface area contributed by atoms with Crippen molar-refractivity contribution in [1.82, 2.24) is 14.9 Å². The molecule has 0 spiro atoms. The Labute approximate surface area is 196 Å². The molecular weight excluding hydrogens is 454 g/mol. The van der Waals surface area contributed by atoms with Crippen LogP contribution >= 0.6 is 22.9 Å². The lowest BCUT2D eigenvalue weighted by Crippen LogP contribution is -2.29. The average molecular weight is 482 g/mol. The number of aliphatic carboxylic acids is 1. The molecule has 2 atom stereocenters. The molecule has 1 amide bonds. The van der Waals surface area contributed by atoms with Crippen LogP contribution in [0.3, 0.4) is 0 Å². The molecule has 0 bridgehead atoms. The maximum atomic E-state index is 12.1. The number of hydrogen-bond acceptors (Lipinski definition) is 7. The molecule has 0 radical (unpaired) electrons. The quantitative estimate of drug-likeness (QED) is 0.555. The number of thiophene rings is 1. The van der Waals surface area contributed by atoms with E-state index in [1.54, 1.807) is 19.3 Å². The number of aryl methyl sites for hydroxylation is 1. The van der Waals surface area contributed by atoms with E-state index in [2.05, 4.69) is 9.97 Å². The van der Waals surface area contributed by atoms with Gasteiger partial charge in [0.25, 0.3) is 0 Å². The van der Waals surface area contributed by atoms with E-state index in [0.717, 1.165) is 29.7 Å². The highest BCUT2D eigenvalue weighted by atomic mass is 35.5. The van der Waals surface area contributed by atoms with Crippen LogP contribution in [0.5, 0.6) is 5.75 Å². The third-order valence-electron chi connectivity index (χ3n) is 5.41. The summed E-state index contributed by atoms with van der Waals surface area (Å²) < 4.78 is 12.0. The van der Waals surface area contributed by atoms with Crippen LogP contribution < -0.4 is 4.74 Å². The minimum absolute atomic E-state index is 0.0742. The topological polar surface area (TPSA) is 102 Å². The van der Waals surface area contributed by atoms with Gasteiger partial charge in [0.1, 0.15) is 6.61 Å². The molecular formula is C22H28ClN3O5S. The molecule has 1 saturated carbocycles. The van der Waals surface area contributed by atoms with Gasteiger partial charge >= 0.3 is 12.1 Å². The molecule has 1 fully saturated rings. The van der Waals surface area contributed by atoms with Gasteiger partial charge in [-0.3, -0.25) is 4.79 Å². The third kappa shape index (κ3) is 6.10. The number of amides is 1. The number of carboxylic acids is 1. The SMILES string of the molecule is CCCN(C)C(=O)OCc1cc(Cl)sc1-c1ncc(O[C@H]2CCC[C@H](C(=O)O)C2)c(C)n1. The van der Waals surface area contributed by atoms with E-state index in [1.807, 2.05) is 13.8 Å². The Balaban J connectivity index is 1.71. The predicted molar refractivity (Wildman–Crippen MR) is 122 cm³/mol. The van der Waals surface area contributed by atoms with Gasteiger partial charge in [-0.1, -0.05) is 18.5 Å². The van der Waals surface area contributed by atoms with Crippen molar-refractivity contribution in [2.75, 3.05) is 13.6 Å².